The van der Waals surface area contributed by atoms with Gasteiger partial charge in [0.2, 0.25) is 0 Å². The molecule has 1 aromatic carbocycles. The summed E-state index contributed by atoms with van der Waals surface area (Å²) in [6.07, 6.45) is 7.71. The number of hydrazine groups is 1. The minimum Gasteiger partial charge on any atom is -0.271 e. The molecule has 3 N–H and O–H groups in total. The average molecular weight is 344 g/mol. The van der Waals surface area contributed by atoms with Crippen LogP contribution in [0.3, 0.4) is 0 Å². The van der Waals surface area contributed by atoms with E-state index in [4.69, 9.17) is 5.84 Å². The smallest absolute Gasteiger partial charge is 0.0935 e. The van der Waals surface area contributed by atoms with E-state index in [2.05, 4.69) is 36.3 Å². The quantitative estimate of drug-likeness (QED) is 0.562. The Kier molecular flexibility index (Phi) is 4.19. The van der Waals surface area contributed by atoms with Gasteiger partial charge in [0, 0.05) is 29.3 Å². The Bertz CT molecular complexity index is 756. The molecule has 0 aliphatic heterocycles. The zero-order valence-electron chi connectivity index (χ0n) is 11.2. The summed E-state index contributed by atoms with van der Waals surface area (Å²) in [6, 6.07) is 7.92. The molecular formula is C15H14BrN5. The number of hydrogen-bond donors (Lipinski definition) is 2. The summed E-state index contributed by atoms with van der Waals surface area (Å²) >= 11 is 3.43. The van der Waals surface area contributed by atoms with Crippen molar-refractivity contribution < 1.29 is 0 Å². The van der Waals surface area contributed by atoms with E-state index in [1.165, 1.54) is 0 Å². The molecule has 106 valence electrons. The first-order valence-corrected chi connectivity index (χ1v) is 7.32. The molecule has 0 spiro atoms. The lowest BCUT2D eigenvalue weighted by Gasteiger charge is -2.17. The first-order valence-electron chi connectivity index (χ1n) is 6.53. The highest BCUT2D eigenvalue weighted by molar-refractivity contribution is 9.10. The van der Waals surface area contributed by atoms with Crippen LogP contribution in [0.1, 0.15) is 17.2 Å². The fourth-order valence-electron chi connectivity index (χ4n) is 2.36. The Hall–Kier alpha value is -1.89. The molecule has 0 saturated carbocycles. The van der Waals surface area contributed by atoms with Crippen molar-refractivity contribution in [1.29, 1.82) is 0 Å². The van der Waals surface area contributed by atoms with E-state index in [0.29, 0.717) is 0 Å². The van der Waals surface area contributed by atoms with Crippen LogP contribution in [-0.4, -0.2) is 15.0 Å². The molecule has 0 amide bonds. The number of aromatic nitrogens is 3. The number of fused-ring (bicyclic) bond motifs is 1. The van der Waals surface area contributed by atoms with Gasteiger partial charge in [0.1, 0.15) is 0 Å². The highest BCUT2D eigenvalue weighted by atomic mass is 79.9. The highest BCUT2D eigenvalue weighted by Crippen LogP contribution is 2.24. The number of nitrogens with one attached hydrogen (secondary N) is 1. The predicted molar refractivity (Wildman–Crippen MR) is 85.2 cm³/mol. The number of hydrogen-bond acceptors (Lipinski definition) is 5. The number of nitrogens with zero attached hydrogens (tertiary/aromatic N) is 3. The average Bonchev–Trinajstić information content (AvgIpc) is 2.52. The second kappa shape index (κ2) is 6.26. The van der Waals surface area contributed by atoms with Crippen molar-refractivity contribution in [2.75, 3.05) is 0 Å². The van der Waals surface area contributed by atoms with Gasteiger partial charge in [-0.05, 0) is 45.6 Å². The Morgan fingerprint density at radius 1 is 1.19 bits per heavy atom. The fourth-order valence-corrected chi connectivity index (χ4v) is 2.77. The van der Waals surface area contributed by atoms with Crippen molar-refractivity contribution in [2.24, 2.45) is 5.84 Å². The lowest BCUT2D eigenvalue weighted by Crippen LogP contribution is -2.30. The molecule has 3 rings (SSSR count). The van der Waals surface area contributed by atoms with Gasteiger partial charge < -0.3 is 0 Å². The molecule has 0 saturated heterocycles. The third-order valence-corrected chi connectivity index (χ3v) is 3.74. The topological polar surface area (TPSA) is 76.7 Å². The minimum atomic E-state index is -0.0542. The fraction of sp³-hybridized carbons (Fsp3) is 0.133. The van der Waals surface area contributed by atoms with Crippen molar-refractivity contribution in [3.8, 4) is 0 Å². The third-order valence-electron chi connectivity index (χ3n) is 3.31. The van der Waals surface area contributed by atoms with Crippen molar-refractivity contribution >= 4 is 27.0 Å². The first-order chi connectivity index (χ1) is 10.3. The maximum absolute atomic E-state index is 5.75. The van der Waals surface area contributed by atoms with Crippen molar-refractivity contribution in [2.45, 2.75) is 12.5 Å². The minimum absolute atomic E-state index is 0.0542. The summed E-state index contributed by atoms with van der Waals surface area (Å²) in [5.74, 6) is 5.75. The van der Waals surface area contributed by atoms with Crippen LogP contribution in [0.15, 0.2) is 53.5 Å². The molecular weight excluding hydrogens is 330 g/mol. The van der Waals surface area contributed by atoms with E-state index in [1.807, 2.05) is 30.5 Å². The highest BCUT2D eigenvalue weighted by Gasteiger charge is 2.15. The van der Waals surface area contributed by atoms with E-state index < -0.39 is 0 Å². The lowest BCUT2D eigenvalue weighted by molar-refractivity contribution is 0.554. The molecule has 3 aromatic rings. The molecule has 21 heavy (non-hydrogen) atoms. The summed E-state index contributed by atoms with van der Waals surface area (Å²) in [7, 11) is 0. The monoisotopic (exact) mass is 343 g/mol. The van der Waals surface area contributed by atoms with Crippen LogP contribution in [0.25, 0.3) is 11.0 Å². The van der Waals surface area contributed by atoms with E-state index in [9.17, 15) is 0 Å². The number of halogens is 1. The number of para-hydroxylation sites is 1. The molecule has 0 fully saturated rings. The van der Waals surface area contributed by atoms with Crippen LogP contribution in [0.4, 0.5) is 0 Å². The van der Waals surface area contributed by atoms with Gasteiger partial charge in [-0.3, -0.25) is 26.2 Å². The van der Waals surface area contributed by atoms with Crippen LogP contribution in [0.2, 0.25) is 0 Å². The number of pyridine rings is 1. The zero-order valence-corrected chi connectivity index (χ0v) is 12.8. The predicted octanol–water partition coefficient (Wildman–Crippen LogP) is 2.53. The normalized spacial score (nSPS) is 12.5. The van der Waals surface area contributed by atoms with Crippen LogP contribution in [-0.2, 0) is 6.42 Å². The van der Waals surface area contributed by atoms with Gasteiger partial charge in [-0.15, -0.1) is 0 Å². The summed E-state index contributed by atoms with van der Waals surface area (Å²) in [5, 5.41) is 0. The van der Waals surface area contributed by atoms with Gasteiger partial charge >= 0.3 is 0 Å². The first kappa shape index (κ1) is 14.1. The van der Waals surface area contributed by atoms with Crippen molar-refractivity contribution in [1.82, 2.24) is 20.4 Å². The Balaban J connectivity index is 1.98. The van der Waals surface area contributed by atoms with Gasteiger partial charge in [-0.25, -0.2) is 0 Å². The van der Waals surface area contributed by atoms with Crippen LogP contribution in [0, 0.1) is 0 Å². The van der Waals surface area contributed by atoms with Crippen LogP contribution >= 0.6 is 15.9 Å². The third kappa shape index (κ3) is 3.07. The molecule has 0 radical (unpaired) electrons. The van der Waals surface area contributed by atoms with E-state index in [1.54, 1.807) is 18.6 Å². The Labute approximate surface area is 130 Å². The second-order valence-electron chi connectivity index (χ2n) is 4.71. The van der Waals surface area contributed by atoms with E-state index in [0.717, 1.165) is 33.1 Å². The Morgan fingerprint density at radius 2 is 2.05 bits per heavy atom. The molecule has 0 bridgehead atoms. The van der Waals surface area contributed by atoms with E-state index in [-0.39, 0.29) is 6.04 Å². The van der Waals surface area contributed by atoms with Crippen molar-refractivity contribution in [3.05, 3.63) is 64.7 Å². The Morgan fingerprint density at radius 3 is 2.86 bits per heavy atom. The molecule has 5 nitrogen and oxygen atoms in total. The summed E-state index contributed by atoms with van der Waals surface area (Å²) in [4.78, 5) is 12.9. The summed E-state index contributed by atoms with van der Waals surface area (Å²) < 4.78 is 0.952. The molecule has 0 aliphatic rings. The van der Waals surface area contributed by atoms with Crippen molar-refractivity contribution in [3.63, 3.8) is 0 Å². The summed E-state index contributed by atoms with van der Waals surface area (Å²) in [6.45, 7) is 0. The summed E-state index contributed by atoms with van der Waals surface area (Å²) in [5.41, 5.74) is 6.72. The van der Waals surface area contributed by atoms with E-state index >= 15 is 0 Å². The standard InChI is InChI=1S/C15H14BrN5/c16-11-6-10(8-18-9-11)7-14(21-17)12-2-1-3-13-15(12)20-5-4-19-13/h1-6,8-9,14,21H,7,17H2. The van der Waals surface area contributed by atoms with Gasteiger partial charge in [0.05, 0.1) is 17.1 Å². The van der Waals surface area contributed by atoms with Crippen LogP contribution in [0.5, 0.6) is 0 Å². The van der Waals surface area contributed by atoms with Gasteiger partial charge in [0.25, 0.3) is 0 Å². The zero-order chi connectivity index (χ0) is 14.7. The largest absolute Gasteiger partial charge is 0.271 e. The number of nitrogens with two attached hydrogens (primary N) is 1. The molecule has 1 unspecified atom stereocenters. The maximum Gasteiger partial charge on any atom is 0.0935 e. The number of rotatable bonds is 4. The molecule has 6 heteroatoms. The maximum atomic E-state index is 5.75. The molecule has 2 heterocycles. The molecule has 0 aliphatic carbocycles. The molecule has 2 aromatic heterocycles. The number of benzene rings is 1. The second-order valence-corrected chi connectivity index (χ2v) is 5.62. The van der Waals surface area contributed by atoms with Gasteiger partial charge in [-0.2, -0.15) is 0 Å². The van der Waals surface area contributed by atoms with Gasteiger partial charge in [-0.1, -0.05) is 12.1 Å². The SMILES string of the molecule is NNC(Cc1cncc(Br)c1)c1cccc2nccnc12. The van der Waals surface area contributed by atoms with Gasteiger partial charge in [0.15, 0.2) is 0 Å². The van der Waals surface area contributed by atoms with Crippen LogP contribution < -0.4 is 11.3 Å². The lowest BCUT2D eigenvalue weighted by atomic mass is 9.99. The molecule has 1 atom stereocenters.